The molecule has 0 saturated heterocycles. The first-order chi connectivity index (χ1) is 14.4. The van der Waals surface area contributed by atoms with E-state index in [-0.39, 0.29) is 6.07 Å². The van der Waals surface area contributed by atoms with Gasteiger partial charge in [-0.1, -0.05) is 30.3 Å². The quantitative estimate of drug-likeness (QED) is 0.603. The lowest BCUT2D eigenvalue weighted by atomic mass is 10.1. The topological polar surface area (TPSA) is 64.0 Å². The number of aromatic nitrogens is 2. The number of alkyl halides is 6. The Balaban J connectivity index is 1.87. The van der Waals surface area contributed by atoms with Crippen molar-refractivity contribution in [2.24, 2.45) is 0 Å². The molecule has 0 bridgehead atoms. The molecule has 1 N–H and O–H groups in total. The summed E-state index contributed by atoms with van der Waals surface area (Å²) in [5, 5.41) is 5.98. The second-order valence-electron chi connectivity index (χ2n) is 6.42. The van der Waals surface area contributed by atoms with E-state index in [1.54, 1.807) is 30.3 Å². The van der Waals surface area contributed by atoms with Crippen LogP contribution in [0.3, 0.4) is 0 Å². The molecule has 0 spiro atoms. The monoisotopic (exact) mass is 441 g/mol. The molecule has 3 aromatic rings. The van der Waals surface area contributed by atoms with Crippen LogP contribution in [0.1, 0.15) is 11.1 Å². The number of carbonyl (C=O) groups is 1. The van der Waals surface area contributed by atoms with E-state index in [9.17, 15) is 35.9 Å². The fraction of sp³-hybridized carbons (Fsp3) is 0.150. The maximum atomic E-state index is 12.9. The molecule has 0 aliphatic heterocycles. The minimum atomic E-state index is -5.05. The van der Waals surface area contributed by atoms with Crippen molar-refractivity contribution in [2.75, 3.05) is 5.32 Å². The Morgan fingerprint density at radius 1 is 0.871 bits per heavy atom. The molecule has 0 aliphatic carbocycles. The van der Waals surface area contributed by atoms with Gasteiger partial charge in [0.2, 0.25) is 5.91 Å². The van der Waals surface area contributed by atoms with Crippen LogP contribution in [0, 0.1) is 0 Å². The van der Waals surface area contributed by atoms with Crippen molar-refractivity contribution >= 4 is 11.6 Å². The van der Waals surface area contributed by atoms with Crippen LogP contribution in [0.5, 0.6) is 0 Å². The zero-order valence-corrected chi connectivity index (χ0v) is 15.5. The highest BCUT2D eigenvalue weighted by Crippen LogP contribution is 2.37. The average Bonchev–Trinajstić information content (AvgIpc) is 2.68. The molecule has 0 atom stereocenters. The first-order valence-electron chi connectivity index (χ1n) is 8.66. The van der Waals surface area contributed by atoms with Gasteiger partial charge in [0.1, 0.15) is 6.54 Å². The molecular weight excluding hydrogens is 428 g/mol. The molecule has 2 aromatic carbocycles. The Bertz CT molecular complexity index is 1120. The van der Waals surface area contributed by atoms with Crippen LogP contribution < -0.4 is 10.9 Å². The summed E-state index contributed by atoms with van der Waals surface area (Å²) in [4.78, 5) is 24.2. The minimum Gasteiger partial charge on any atom is -0.324 e. The van der Waals surface area contributed by atoms with E-state index < -0.39 is 47.2 Å². The second-order valence-corrected chi connectivity index (χ2v) is 6.42. The predicted molar refractivity (Wildman–Crippen MR) is 99.0 cm³/mol. The molecule has 0 radical (unpaired) electrons. The SMILES string of the molecule is O=C(Cn1nc(-c2ccccc2)ccc1=O)Nc1cc(C(F)(F)F)cc(C(F)(F)F)c1. The summed E-state index contributed by atoms with van der Waals surface area (Å²) in [5.74, 6) is -1.02. The van der Waals surface area contributed by atoms with Crippen molar-refractivity contribution in [3.8, 4) is 11.3 Å². The third-order valence-electron chi connectivity index (χ3n) is 4.10. The third-order valence-corrected chi connectivity index (χ3v) is 4.10. The van der Waals surface area contributed by atoms with Crippen LogP contribution in [-0.2, 0) is 23.7 Å². The zero-order chi connectivity index (χ0) is 22.8. The van der Waals surface area contributed by atoms with Crippen molar-refractivity contribution in [3.05, 3.63) is 82.1 Å². The fourth-order valence-corrected chi connectivity index (χ4v) is 2.69. The van der Waals surface area contributed by atoms with E-state index >= 15 is 0 Å². The molecule has 0 unspecified atom stereocenters. The van der Waals surface area contributed by atoms with Crippen LogP contribution in [0.25, 0.3) is 11.3 Å². The summed E-state index contributed by atoms with van der Waals surface area (Å²) >= 11 is 0. The van der Waals surface area contributed by atoms with Gasteiger partial charge in [0.15, 0.2) is 0 Å². The summed E-state index contributed by atoms with van der Waals surface area (Å²) < 4.78 is 78.4. The number of halogens is 6. The predicted octanol–water partition coefficient (Wildman–Crippen LogP) is 4.59. The highest BCUT2D eigenvalue weighted by molar-refractivity contribution is 5.90. The first-order valence-corrected chi connectivity index (χ1v) is 8.66. The van der Waals surface area contributed by atoms with Crippen LogP contribution in [0.15, 0.2) is 65.5 Å². The van der Waals surface area contributed by atoms with Crippen LogP contribution in [-0.4, -0.2) is 15.7 Å². The van der Waals surface area contributed by atoms with Gasteiger partial charge in [-0.15, -0.1) is 0 Å². The highest BCUT2D eigenvalue weighted by atomic mass is 19.4. The lowest BCUT2D eigenvalue weighted by Crippen LogP contribution is -2.29. The fourth-order valence-electron chi connectivity index (χ4n) is 2.69. The van der Waals surface area contributed by atoms with Gasteiger partial charge in [-0.05, 0) is 24.3 Å². The minimum absolute atomic E-state index is 0.0506. The van der Waals surface area contributed by atoms with E-state index in [1.165, 1.54) is 6.07 Å². The lowest BCUT2D eigenvalue weighted by molar-refractivity contribution is -0.143. The van der Waals surface area contributed by atoms with Gasteiger partial charge in [-0.2, -0.15) is 31.4 Å². The van der Waals surface area contributed by atoms with Gasteiger partial charge >= 0.3 is 12.4 Å². The van der Waals surface area contributed by atoms with Crippen molar-refractivity contribution in [1.29, 1.82) is 0 Å². The number of hydrogen-bond acceptors (Lipinski definition) is 3. The standard InChI is InChI=1S/C20H13F6N3O2/c21-19(22,23)13-8-14(20(24,25)26)10-15(9-13)27-17(30)11-29-18(31)7-6-16(28-29)12-4-2-1-3-5-12/h1-10H,11H2,(H,27,30). The number of carbonyl (C=O) groups excluding carboxylic acids is 1. The van der Waals surface area contributed by atoms with Crippen LogP contribution in [0.2, 0.25) is 0 Å². The first kappa shape index (κ1) is 22.1. The summed E-state index contributed by atoms with van der Waals surface area (Å²) in [7, 11) is 0. The van der Waals surface area contributed by atoms with Crippen molar-refractivity contribution in [2.45, 2.75) is 18.9 Å². The van der Waals surface area contributed by atoms with Gasteiger partial charge in [0.05, 0.1) is 16.8 Å². The maximum absolute atomic E-state index is 12.9. The summed E-state index contributed by atoms with van der Waals surface area (Å²) in [6.07, 6.45) is -10.1. The molecule has 5 nitrogen and oxygen atoms in total. The molecule has 1 heterocycles. The Kier molecular flexibility index (Phi) is 5.87. The Morgan fingerprint density at radius 2 is 1.45 bits per heavy atom. The van der Waals surface area contributed by atoms with E-state index in [1.807, 2.05) is 5.32 Å². The lowest BCUT2D eigenvalue weighted by Gasteiger charge is -2.15. The molecule has 0 saturated carbocycles. The number of nitrogens with zero attached hydrogens (tertiary/aromatic N) is 2. The summed E-state index contributed by atoms with van der Waals surface area (Å²) in [6.45, 7) is -0.711. The third kappa shape index (κ3) is 5.50. The Labute approximate surface area is 170 Å². The summed E-state index contributed by atoms with van der Waals surface area (Å²) in [6, 6.07) is 11.9. The molecule has 11 heteroatoms. The molecule has 1 aromatic heterocycles. The molecule has 3 rings (SSSR count). The van der Waals surface area contributed by atoms with Gasteiger partial charge in [0, 0.05) is 17.3 Å². The van der Waals surface area contributed by atoms with E-state index in [0.717, 1.165) is 10.7 Å². The van der Waals surface area contributed by atoms with E-state index in [4.69, 9.17) is 0 Å². The maximum Gasteiger partial charge on any atom is 0.416 e. The second kappa shape index (κ2) is 8.25. The van der Waals surface area contributed by atoms with Gasteiger partial charge in [-0.3, -0.25) is 9.59 Å². The number of nitrogens with one attached hydrogen (secondary N) is 1. The van der Waals surface area contributed by atoms with Gasteiger partial charge in [-0.25, -0.2) is 4.68 Å². The van der Waals surface area contributed by atoms with Gasteiger partial charge in [0.25, 0.3) is 5.56 Å². The van der Waals surface area contributed by atoms with E-state index in [0.29, 0.717) is 23.4 Å². The molecule has 31 heavy (non-hydrogen) atoms. The average molecular weight is 441 g/mol. The van der Waals surface area contributed by atoms with E-state index in [2.05, 4.69) is 5.10 Å². The normalized spacial score (nSPS) is 11.9. The molecular formula is C20H13F6N3O2. The largest absolute Gasteiger partial charge is 0.416 e. The Morgan fingerprint density at radius 3 is 2.00 bits per heavy atom. The van der Waals surface area contributed by atoms with Crippen LogP contribution >= 0.6 is 0 Å². The Hall–Kier alpha value is -3.63. The highest BCUT2D eigenvalue weighted by Gasteiger charge is 2.37. The van der Waals surface area contributed by atoms with Gasteiger partial charge < -0.3 is 5.32 Å². The molecule has 162 valence electrons. The smallest absolute Gasteiger partial charge is 0.324 e. The number of benzene rings is 2. The number of amides is 1. The van der Waals surface area contributed by atoms with Crippen molar-refractivity contribution < 1.29 is 31.1 Å². The molecule has 0 fully saturated rings. The summed E-state index contributed by atoms with van der Waals surface area (Å²) in [5.41, 5.74) is -3.52. The van der Waals surface area contributed by atoms with Crippen molar-refractivity contribution in [1.82, 2.24) is 9.78 Å². The van der Waals surface area contributed by atoms with Crippen LogP contribution in [0.4, 0.5) is 32.0 Å². The molecule has 0 aliphatic rings. The van der Waals surface area contributed by atoms with Crippen molar-refractivity contribution in [3.63, 3.8) is 0 Å². The zero-order valence-electron chi connectivity index (χ0n) is 15.5. The number of hydrogen-bond donors (Lipinski definition) is 1. The molecule has 1 amide bonds. The number of anilines is 1. The number of rotatable bonds is 4.